The van der Waals surface area contributed by atoms with Crippen molar-refractivity contribution in [2.45, 2.75) is 130 Å². The number of hydrogen-bond acceptors (Lipinski definition) is 7. The third-order valence-electron chi connectivity index (χ3n) is 16.7. The summed E-state index contributed by atoms with van der Waals surface area (Å²) in [7, 11) is 0. The van der Waals surface area contributed by atoms with Crippen LogP contribution in [-0.2, 0) is 25.6 Å². The Morgan fingerprint density at radius 3 is 2.40 bits per heavy atom. The molecule has 0 bridgehead atoms. The first kappa shape index (κ1) is 42.0. The van der Waals surface area contributed by atoms with E-state index in [-0.39, 0.29) is 59.1 Å². The van der Waals surface area contributed by atoms with Gasteiger partial charge in [-0.05, 0) is 135 Å². The highest BCUT2D eigenvalue weighted by Crippen LogP contribution is 2.69. The van der Waals surface area contributed by atoms with Gasteiger partial charge in [0, 0.05) is 58.1 Å². The van der Waals surface area contributed by atoms with Crippen molar-refractivity contribution in [2.24, 2.45) is 58.2 Å². The minimum Gasteiger partial charge on any atom is -0.445 e. The van der Waals surface area contributed by atoms with E-state index in [0.717, 1.165) is 44.9 Å². The number of piperidine rings is 1. The number of aryl methyl sites for hydroxylation is 1. The molecule has 2 saturated heterocycles. The first-order chi connectivity index (χ1) is 27.3. The average Bonchev–Trinajstić information content (AvgIpc) is 3.83. The van der Waals surface area contributed by atoms with E-state index in [1.54, 1.807) is 11.0 Å². The van der Waals surface area contributed by atoms with Gasteiger partial charge < -0.3 is 29.7 Å². The fraction of sp³-hybridized carbons (Fsp3) is 0.783. The van der Waals surface area contributed by atoms with Crippen LogP contribution in [0.25, 0.3) is 0 Å². The van der Waals surface area contributed by atoms with Crippen molar-refractivity contribution < 1.29 is 33.8 Å². The topological polar surface area (TPSA) is 144 Å². The van der Waals surface area contributed by atoms with Crippen molar-refractivity contribution in [3.8, 4) is 0 Å². The molecule has 0 spiro atoms. The Balaban J connectivity index is 0.818. The maximum absolute atomic E-state index is 13.2. The van der Waals surface area contributed by atoms with Gasteiger partial charge in [0.25, 0.3) is 0 Å². The maximum atomic E-state index is 13.2. The Labute approximate surface area is 340 Å². The molecule has 0 aromatic carbocycles. The average molecular weight is 791 g/mol. The Morgan fingerprint density at radius 2 is 1.68 bits per heavy atom. The van der Waals surface area contributed by atoms with E-state index in [4.69, 9.17) is 4.42 Å². The smallest absolute Gasteiger partial charge is 0.248 e. The molecule has 6 aliphatic rings. The number of fused-ring (bicyclic) bond motifs is 5. The number of nitrogens with one attached hydrogen (secondary N) is 1. The molecule has 1 aromatic heterocycles. The number of hydrogen-bond donors (Lipinski definition) is 3. The molecule has 2 aliphatic heterocycles. The van der Waals surface area contributed by atoms with Crippen LogP contribution >= 0.6 is 0 Å². The van der Waals surface area contributed by atoms with Crippen molar-refractivity contribution in [1.82, 2.24) is 15.1 Å². The number of carbonyl (C=O) groups is 4. The lowest BCUT2D eigenvalue weighted by Crippen LogP contribution is -2.62. The van der Waals surface area contributed by atoms with Crippen molar-refractivity contribution in [3.63, 3.8) is 0 Å². The second kappa shape index (κ2) is 17.2. The molecule has 3 N–H and O–H groups in total. The van der Waals surface area contributed by atoms with E-state index in [2.05, 4.69) is 39.6 Å². The van der Waals surface area contributed by atoms with Crippen LogP contribution in [0.15, 0.2) is 29.2 Å². The largest absolute Gasteiger partial charge is 0.445 e. The molecule has 3 heterocycles. The lowest BCUT2D eigenvalue weighted by molar-refractivity contribution is -0.203. The van der Waals surface area contributed by atoms with Gasteiger partial charge in [-0.2, -0.15) is 0 Å². The number of aliphatic hydroxyl groups excluding tert-OH is 2. The van der Waals surface area contributed by atoms with Crippen LogP contribution < -0.4 is 10.2 Å². The summed E-state index contributed by atoms with van der Waals surface area (Å²) in [5, 5.41) is 25.9. The van der Waals surface area contributed by atoms with Gasteiger partial charge >= 0.3 is 0 Å². The standard InChI is InChI=1S/C46H70N4O7/c1-6-33-37-26-31(51)16-20-46(37,5)36-17-21-45(4)34(11-12-35(45)43(36)44(33)56)29(3)8-13-38(52)47-27-30-18-22-48(23-19-30)40(54)14-9-32-10-15-42(57-32)50-25-24-49(28-41(50)55)39(53)7-2/h7,10,15,29-31,33-37,43-44,51,56H,2,6,8-9,11-14,16-28H2,1,3-5H3,(H,47,52)/t29-,31-,33?,34-,35+,36+,37?,43+,44-,45-,46-/m1/s1. The summed E-state index contributed by atoms with van der Waals surface area (Å²) in [6.07, 6.45) is 13.2. The third kappa shape index (κ3) is 8.22. The van der Waals surface area contributed by atoms with Crippen molar-refractivity contribution in [3.05, 3.63) is 30.5 Å². The van der Waals surface area contributed by atoms with Crippen LogP contribution in [0.4, 0.5) is 5.88 Å². The lowest BCUT2D eigenvalue weighted by atomic mass is 9.41. The molecule has 11 atom stereocenters. The Kier molecular flexibility index (Phi) is 12.7. The summed E-state index contributed by atoms with van der Waals surface area (Å²) in [6.45, 7) is 15.9. The number of furan rings is 1. The van der Waals surface area contributed by atoms with Crippen LogP contribution in [0.5, 0.6) is 0 Å². The minimum atomic E-state index is -0.279. The molecular formula is C46H70N4O7. The highest BCUT2D eigenvalue weighted by atomic mass is 16.4. The van der Waals surface area contributed by atoms with Gasteiger partial charge in [-0.1, -0.05) is 40.7 Å². The van der Waals surface area contributed by atoms with Gasteiger partial charge in [0.1, 0.15) is 12.3 Å². The molecule has 2 unspecified atom stereocenters. The van der Waals surface area contributed by atoms with Crippen LogP contribution in [0.3, 0.4) is 0 Å². The summed E-state index contributed by atoms with van der Waals surface area (Å²) in [5.41, 5.74) is 0.412. The number of carbonyl (C=O) groups excluding carboxylic acids is 4. The monoisotopic (exact) mass is 791 g/mol. The molecule has 316 valence electrons. The van der Waals surface area contributed by atoms with E-state index in [1.165, 1.54) is 36.7 Å². The predicted molar refractivity (Wildman–Crippen MR) is 219 cm³/mol. The zero-order valence-corrected chi connectivity index (χ0v) is 35.1. The van der Waals surface area contributed by atoms with Crippen LogP contribution in [0.1, 0.15) is 117 Å². The summed E-state index contributed by atoms with van der Waals surface area (Å²) in [5.74, 6) is 4.31. The van der Waals surface area contributed by atoms with E-state index in [1.807, 2.05) is 11.0 Å². The maximum Gasteiger partial charge on any atom is 0.248 e. The molecule has 4 amide bonds. The van der Waals surface area contributed by atoms with Gasteiger partial charge in [-0.15, -0.1) is 0 Å². The first-order valence-corrected chi connectivity index (χ1v) is 22.5. The van der Waals surface area contributed by atoms with E-state index >= 15 is 0 Å². The van der Waals surface area contributed by atoms with Crippen molar-refractivity contribution in [2.75, 3.05) is 44.2 Å². The Hall–Kier alpha value is -3.18. The molecule has 4 saturated carbocycles. The normalized spacial score (nSPS) is 36.2. The number of amides is 4. The SMILES string of the molecule is C=CC(=O)N1CCN(c2ccc(CCC(=O)N3CCC(CNC(=O)CC[C@@H](C)[C@H]4CC[C@H]5[C@@H]6[C@H](O)C(CC)C7C[C@H](O)CC[C@]7(C)[C@H]6CC[C@]45C)CC3)o2)C(=O)C1. The lowest BCUT2D eigenvalue weighted by Gasteiger charge is -2.64. The number of anilines is 1. The third-order valence-corrected chi connectivity index (χ3v) is 16.7. The number of piperazine rings is 1. The second-order valence-corrected chi connectivity index (χ2v) is 19.5. The molecule has 11 nitrogen and oxygen atoms in total. The predicted octanol–water partition coefficient (Wildman–Crippen LogP) is 5.97. The molecule has 0 radical (unpaired) electrons. The van der Waals surface area contributed by atoms with Gasteiger partial charge in [-0.3, -0.25) is 24.1 Å². The molecule has 1 aromatic rings. The van der Waals surface area contributed by atoms with Gasteiger partial charge in [0.2, 0.25) is 29.5 Å². The van der Waals surface area contributed by atoms with Crippen molar-refractivity contribution in [1.29, 1.82) is 0 Å². The summed E-state index contributed by atoms with van der Waals surface area (Å²) in [4.78, 5) is 55.7. The molecule has 4 aliphatic carbocycles. The minimum absolute atomic E-state index is 0.0134. The number of aliphatic hydroxyl groups is 2. The summed E-state index contributed by atoms with van der Waals surface area (Å²) < 4.78 is 5.92. The zero-order valence-electron chi connectivity index (χ0n) is 35.1. The first-order valence-electron chi connectivity index (χ1n) is 22.5. The van der Waals surface area contributed by atoms with Crippen LogP contribution in [0, 0.1) is 58.2 Å². The molecule has 6 fully saturated rings. The second-order valence-electron chi connectivity index (χ2n) is 19.5. The van der Waals surface area contributed by atoms with Gasteiger partial charge in [0.15, 0.2) is 0 Å². The van der Waals surface area contributed by atoms with Gasteiger partial charge in [0.05, 0.1) is 12.2 Å². The van der Waals surface area contributed by atoms with E-state index in [0.29, 0.717) is 105 Å². The molecular weight excluding hydrogens is 721 g/mol. The van der Waals surface area contributed by atoms with E-state index in [9.17, 15) is 29.4 Å². The Morgan fingerprint density at radius 1 is 0.947 bits per heavy atom. The fourth-order valence-electron chi connectivity index (χ4n) is 13.5. The summed E-state index contributed by atoms with van der Waals surface area (Å²) >= 11 is 0. The quantitative estimate of drug-likeness (QED) is 0.222. The van der Waals surface area contributed by atoms with Gasteiger partial charge in [-0.25, -0.2) is 0 Å². The van der Waals surface area contributed by atoms with Crippen molar-refractivity contribution >= 4 is 29.5 Å². The summed E-state index contributed by atoms with van der Waals surface area (Å²) in [6, 6.07) is 3.56. The number of nitrogens with zero attached hydrogens (tertiary/aromatic N) is 3. The Bertz CT molecular complexity index is 1640. The van der Waals surface area contributed by atoms with Crippen LogP contribution in [-0.4, -0.2) is 95.1 Å². The number of rotatable bonds is 12. The highest BCUT2D eigenvalue weighted by molar-refractivity contribution is 5.98. The molecule has 7 rings (SSSR count). The molecule has 11 heteroatoms. The zero-order chi connectivity index (χ0) is 40.6. The van der Waals surface area contributed by atoms with Crippen LogP contribution in [0.2, 0.25) is 0 Å². The molecule has 57 heavy (non-hydrogen) atoms. The highest BCUT2D eigenvalue weighted by Gasteiger charge is 2.64. The van der Waals surface area contributed by atoms with E-state index < -0.39 is 0 Å². The number of likely N-dealkylation sites (tertiary alicyclic amines) is 1. The fourth-order valence-corrected chi connectivity index (χ4v) is 13.5.